The lowest BCUT2D eigenvalue weighted by molar-refractivity contribution is 0.420. The molecule has 0 nitrogen and oxygen atoms in total. The van der Waals surface area contributed by atoms with Crippen LogP contribution in [0.3, 0.4) is 0 Å². The van der Waals surface area contributed by atoms with E-state index in [1.807, 2.05) is 0 Å². The molecule has 0 aromatic heterocycles. The lowest BCUT2D eigenvalue weighted by atomic mass is 10.7. The Morgan fingerprint density at radius 2 is 2.17 bits per heavy atom. The highest BCUT2D eigenvalue weighted by atomic mass is 32.1. The van der Waals surface area contributed by atoms with Crippen LogP contribution in [0.5, 0.6) is 0 Å². The molecule has 0 unspecified atom stereocenters. The van der Waals surface area contributed by atoms with Gasteiger partial charge in [-0.2, -0.15) is 8.78 Å². The summed E-state index contributed by atoms with van der Waals surface area (Å²) in [6, 6.07) is 0. The van der Waals surface area contributed by atoms with E-state index in [0.717, 1.165) is 0 Å². The van der Waals surface area contributed by atoms with Crippen LogP contribution in [0.4, 0.5) is 8.78 Å². The molecular formula is C3H3F2S. The van der Waals surface area contributed by atoms with E-state index in [1.54, 1.807) is 0 Å². The Kier molecular flexibility index (Phi) is 3.13. The van der Waals surface area contributed by atoms with Crippen molar-refractivity contribution < 1.29 is 8.78 Å². The number of rotatable bonds is 1. The molecule has 0 saturated carbocycles. The molecule has 0 N–H and O–H groups in total. The summed E-state index contributed by atoms with van der Waals surface area (Å²) in [5, 5.41) is 0. The Labute approximate surface area is 40.3 Å². The van der Waals surface area contributed by atoms with Gasteiger partial charge in [-0.15, -0.1) is 0 Å². The van der Waals surface area contributed by atoms with Crippen LogP contribution in [0, 0.1) is 0 Å². The van der Waals surface area contributed by atoms with Gasteiger partial charge in [0.2, 0.25) is 0 Å². The monoisotopic (exact) mass is 109 g/mol. The molecule has 1 radical (unpaired) electrons. The molecule has 0 heterocycles. The lowest BCUT2D eigenvalue weighted by Crippen LogP contribution is -1.59. The zero-order chi connectivity index (χ0) is 4.99. The number of hydrogen-bond acceptors (Lipinski definition) is 0. The predicted octanol–water partition coefficient (Wildman–Crippen LogP) is 1.96. The molecule has 0 spiro atoms. The Balaban J connectivity index is 3.14. The van der Waals surface area contributed by atoms with Gasteiger partial charge in [0, 0.05) is 5.75 Å². The number of hydrogen-bond donors (Lipinski definition) is 0. The highest BCUT2D eigenvalue weighted by Crippen LogP contribution is 1.94. The van der Waals surface area contributed by atoms with Crippen molar-refractivity contribution in [1.82, 2.24) is 0 Å². The molecule has 0 fully saturated rings. The third-order valence-electron chi connectivity index (χ3n) is 0.238. The van der Waals surface area contributed by atoms with Gasteiger partial charge in [0.15, 0.2) is 0 Å². The predicted molar refractivity (Wildman–Crippen MR) is 22.8 cm³/mol. The summed E-state index contributed by atoms with van der Waals surface area (Å²) in [5.74, 6) is 0.00231. The first-order valence-corrected chi connectivity index (χ1v) is 1.94. The largest absolute Gasteiger partial charge is 0.267 e. The Morgan fingerprint density at radius 1 is 1.67 bits per heavy atom. The van der Waals surface area contributed by atoms with E-state index in [9.17, 15) is 8.78 Å². The summed E-state index contributed by atoms with van der Waals surface area (Å²) >= 11 is 4.17. The van der Waals surface area contributed by atoms with Crippen molar-refractivity contribution in [3.63, 3.8) is 0 Å². The highest BCUT2D eigenvalue weighted by molar-refractivity contribution is 7.80. The van der Waals surface area contributed by atoms with Crippen molar-refractivity contribution in [1.29, 1.82) is 0 Å². The van der Waals surface area contributed by atoms with E-state index in [-0.39, 0.29) is 5.75 Å². The quantitative estimate of drug-likeness (QED) is 0.483. The van der Waals surface area contributed by atoms with Gasteiger partial charge in [-0.05, 0) is 6.08 Å². The Morgan fingerprint density at radius 3 is 2.17 bits per heavy atom. The third kappa shape index (κ3) is 3.95. The highest BCUT2D eigenvalue weighted by Gasteiger charge is 1.79. The van der Waals surface area contributed by atoms with E-state index in [1.165, 1.54) is 0 Å². The second-order valence-corrected chi connectivity index (χ2v) is 0.994. The molecular weight excluding hydrogens is 106 g/mol. The molecule has 0 aliphatic carbocycles. The van der Waals surface area contributed by atoms with Crippen LogP contribution in [-0.2, 0) is 0 Å². The van der Waals surface area contributed by atoms with E-state index in [2.05, 4.69) is 12.6 Å². The van der Waals surface area contributed by atoms with Crippen LogP contribution in [0.15, 0.2) is 12.2 Å². The molecule has 0 atom stereocenters. The zero-order valence-corrected chi connectivity index (χ0v) is 3.77. The topological polar surface area (TPSA) is 0 Å². The SMILES string of the molecule is FC(F)=CC[S]. The fourth-order valence-electron chi connectivity index (χ4n) is 0.0630. The maximum absolute atomic E-state index is 10.8. The molecule has 0 aromatic carbocycles. The van der Waals surface area contributed by atoms with Crippen LogP contribution >= 0.6 is 12.6 Å². The molecule has 0 bridgehead atoms. The third-order valence-corrected chi connectivity index (χ3v) is 0.404. The van der Waals surface area contributed by atoms with Crippen molar-refractivity contribution >= 4 is 12.6 Å². The van der Waals surface area contributed by atoms with Gasteiger partial charge in [0.1, 0.15) is 0 Å². The van der Waals surface area contributed by atoms with Gasteiger partial charge in [-0.1, -0.05) is 12.6 Å². The van der Waals surface area contributed by atoms with Crippen LogP contribution < -0.4 is 0 Å². The molecule has 0 aliphatic rings. The Hall–Kier alpha value is -0.0500. The van der Waals surface area contributed by atoms with E-state index in [4.69, 9.17) is 0 Å². The van der Waals surface area contributed by atoms with Crippen LogP contribution in [0.2, 0.25) is 0 Å². The minimum atomic E-state index is -1.69. The van der Waals surface area contributed by atoms with E-state index < -0.39 is 6.08 Å². The fraction of sp³-hybridized carbons (Fsp3) is 0.333. The first-order chi connectivity index (χ1) is 2.77. The summed E-state index contributed by atoms with van der Waals surface area (Å²) in [4.78, 5) is 0. The lowest BCUT2D eigenvalue weighted by Gasteiger charge is -1.69. The van der Waals surface area contributed by atoms with Crippen molar-refractivity contribution in [2.24, 2.45) is 0 Å². The van der Waals surface area contributed by atoms with Gasteiger partial charge in [-0.3, -0.25) is 0 Å². The average Bonchev–Trinajstić information content (AvgIpc) is 1.35. The summed E-state index contributed by atoms with van der Waals surface area (Å²) in [6.07, 6.45) is -1.000. The van der Waals surface area contributed by atoms with Gasteiger partial charge in [0.05, 0.1) is 0 Å². The first-order valence-electron chi connectivity index (χ1n) is 1.36. The summed E-state index contributed by atoms with van der Waals surface area (Å²) in [5.41, 5.74) is 0. The molecule has 35 valence electrons. The van der Waals surface area contributed by atoms with Crippen molar-refractivity contribution in [3.8, 4) is 0 Å². The van der Waals surface area contributed by atoms with E-state index >= 15 is 0 Å². The molecule has 0 amide bonds. The minimum Gasteiger partial charge on any atom is -0.174 e. The summed E-state index contributed by atoms with van der Waals surface area (Å²) in [7, 11) is 0. The first kappa shape index (κ1) is 5.95. The van der Waals surface area contributed by atoms with Gasteiger partial charge < -0.3 is 0 Å². The second-order valence-electron chi connectivity index (χ2n) is 0.660. The molecule has 0 saturated heterocycles. The van der Waals surface area contributed by atoms with Crippen molar-refractivity contribution in [2.75, 3.05) is 5.75 Å². The van der Waals surface area contributed by atoms with Crippen LogP contribution in [-0.4, -0.2) is 5.75 Å². The van der Waals surface area contributed by atoms with Gasteiger partial charge in [-0.25, -0.2) is 0 Å². The van der Waals surface area contributed by atoms with Crippen molar-refractivity contribution in [3.05, 3.63) is 12.2 Å². The standard InChI is InChI=1S/C3H3F2S/c4-3(5)1-2-6/h1H,2H2. The average molecular weight is 109 g/mol. The minimum absolute atomic E-state index is 0.00231. The Bertz CT molecular complexity index is 55.8. The maximum atomic E-state index is 10.8. The van der Waals surface area contributed by atoms with Gasteiger partial charge >= 0.3 is 0 Å². The molecule has 0 aliphatic heterocycles. The smallest absolute Gasteiger partial charge is 0.174 e. The summed E-state index contributed by atoms with van der Waals surface area (Å²) in [6.45, 7) is 0. The zero-order valence-electron chi connectivity index (χ0n) is 2.95. The van der Waals surface area contributed by atoms with Crippen LogP contribution in [0.25, 0.3) is 0 Å². The van der Waals surface area contributed by atoms with E-state index in [0.29, 0.717) is 6.08 Å². The van der Waals surface area contributed by atoms with Crippen molar-refractivity contribution in [2.45, 2.75) is 0 Å². The molecule has 6 heavy (non-hydrogen) atoms. The van der Waals surface area contributed by atoms with Crippen LogP contribution in [0.1, 0.15) is 0 Å². The maximum Gasteiger partial charge on any atom is 0.267 e. The molecule has 0 rings (SSSR count). The number of halogens is 2. The normalized spacial score (nSPS) is 7.83. The summed E-state index contributed by atoms with van der Waals surface area (Å²) < 4.78 is 21.7. The fourth-order valence-corrected chi connectivity index (χ4v) is 0.189. The molecule has 0 aromatic rings. The van der Waals surface area contributed by atoms with Gasteiger partial charge in [0.25, 0.3) is 6.08 Å². The second kappa shape index (κ2) is 3.15. The molecule has 3 heteroatoms.